The first-order valence-electron chi connectivity index (χ1n) is 5.52. The lowest BCUT2D eigenvalue weighted by Crippen LogP contribution is -2.49. The van der Waals surface area contributed by atoms with Crippen molar-refractivity contribution in [1.82, 2.24) is 16.0 Å². The minimum absolute atomic E-state index is 0.0991. The Morgan fingerprint density at radius 2 is 1.94 bits per heavy atom. The van der Waals surface area contributed by atoms with Crippen LogP contribution in [-0.4, -0.2) is 36.5 Å². The van der Waals surface area contributed by atoms with Gasteiger partial charge >= 0.3 is 0 Å². The molecule has 0 saturated carbocycles. The molecule has 1 atom stereocenters. The molecule has 0 fully saturated rings. The standard InChI is InChI=1S/C12H21N3O2/c1-6-7-13-11(17)9(2)14-8-10(16)15-12(3,4)5/h1,9,14H,7-8H2,2-5H3,(H,13,17)(H,15,16). The Bertz CT molecular complexity index is 313. The van der Waals surface area contributed by atoms with Crippen LogP contribution in [0.4, 0.5) is 0 Å². The topological polar surface area (TPSA) is 70.2 Å². The number of rotatable bonds is 5. The molecule has 3 N–H and O–H groups in total. The third-order valence-electron chi connectivity index (χ3n) is 1.84. The first-order chi connectivity index (χ1) is 7.76. The van der Waals surface area contributed by atoms with E-state index in [1.54, 1.807) is 6.92 Å². The van der Waals surface area contributed by atoms with Crippen molar-refractivity contribution in [2.75, 3.05) is 13.1 Å². The van der Waals surface area contributed by atoms with Crippen LogP contribution in [0.25, 0.3) is 0 Å². The second-order valence-corrected chi connectivity index (χ2v) is 4.82. The molecule has 0 bridgehead atoms. The summed E-state index contributed by atoms with van der Waals surface area (Å²) < 4.78 is 0. The minimum atomic E-state index is -0.450. The van der Waals surface area contributed by atoms with Crippen molar-refractivity contribution in [1.29, 1.82) is 0 Å². The third kappa shape index (κ3) is 8.29. The molecule has 0 aliphatic carbocycles. The van der Waals surface area contributed by atoms with E-state index in [9.17, 15) is 9.59 Å². The van der Waals surface area contributed by atoms with Gasteiger partial charge < -0.3 is 10.6 Å². The number of nitrogens with one attached hydrogen (secondary N) is 3. The van der Waals surface area contributed by atoms with Gasteiger partial charge in [-0.05, 0) is 27.7 Å². The Hall–Kier alpha value is -1.54. The highest BCUT2D eigenvalue weighted by molar-refractivity contribution is 5.83. The zero-order valence-electron chi connectivity index (χ0n) is 10.9. The molecule has 0 aliphatic heterocycles. The third-order valence-corrected chi connectivity index (χ3v) is 1.84. The van der Waals surface area contributed by atoms with E-state index in [4.69, 9.17) is 6.42 Å². The van der Waals surface area contributed by atoms with Gasteiger partial charge in [0.25, 0.3) is 0 Å². The summed E-state index contributed by atoms with van der Waals surface area (Å²) >= 11 is 0. The van der Waals surface area contributed by atoms with Crippen LogP contribution in [0.5, 0.6) is 0 Å². The molecule has 17 heavy (non-hydrogen) atoms. The molecule has 0 aromatic rings. The van der Waals surface area contributed by atoms with Crippen LogP contribution in [0, 0.1) is 12.3 Å². The number of terminal acetylenes is 1. The molecule has 0 rings (SSSR count). The van der Waals surface area contributed by atoms with Crippen molar-refractivity contribution in [2.24, 2.45) is 0 Å². The average molecular weight is 239 g/mol. The molecule has 0 aromatic carbocycles. The van der Waals surface area contributed by atoms with Gasteiger partial charge in [-0.15, -0.1) is 6.42 Å². The van der Waals surface area contributed by atoms with Crippen LogP contribution < -0.4 is 16.0 Å². The van der Waals surface area contributed by atoms with E-state index < -0.39 is 6.04 Å². The molecule has 5 heteroatoms. The zero-order chi connectivity index (χ0) is 13.5. The molecule has 1 unspecified atom stereocenters. The van der Waals surface area contributed by atoms with E-state index in [1.807, 2.05) is 20.8 Å². The van der Waals surface area contributed by atoms with Crippen molar-refractivity contribution in [3.05, 3.63) is 0 Å². The molecular weight excluding hydrogens is 218 g/mol. The van der Waals surface area contributed by atoms with Gasteiger partial charge in [0.1, 0.15) is 0 Å². The molecule has 96 valence electrons. The van der Waals surface area contributed by atoms with Crippen molar-refractivity contribution in [2.45, 2.75) is 39.3 Å². The van der Waals surface area contributed by atoms with Crippen molar-refractivity contribution in [3.8, 4) is 12.3 Å². The lowest BCUT2D eigenvalue weighted by atomic mass is 10.1. The van der Waals surface area contributed by atoms with Gasteiger partial charge in [-0.3, -0.25) is 14.9 Å². The van der Waals surface area contributed by atoms with Gasteiger partial charge in [0.2, 0.25) is 11.8 Å². The smallest absolute Gasteiger partial charge is 0.237 e. The van der Waals surface area contributed by atoms with E-state index in [0.29, 0.717) is 0 Å². The predicted molar refractivity (Wildman–Crippen MR) is 67.2 cm³/mol. The van der Waals surface area contributed by atoms with E-state index in [1.165, 1.54) is 0 Å². The summed E-state index contributed by atoms with van der Waals surface area (Å²) in [6.45, 7) is 7.66. The number of carbonyl (C=O) groups is 2. The average Bonchev–Trinajstić information content (AvgIpc) is 2.20. The van der Waals surface area contributed by atoms with Crippen LogP contribution in [0.15, 0.2) is 0 Å². The summed E-state index contributed by atoms with van der Waals surface area (Å²) in [7, 11) is 0. The number of carbonyl (C=O) groups excluding carboxylic acids is 2. The Balaban J connectivity index is 3.92. The molecule has 0 aliphatic rings. The van der Waals surface area contributed by atoms with Gasteiger partial charge in [-0.25, -0.2) is 0 Å². The lowest BCUT2D eigenvalue weighted by molar-refractivity contribution is -0.123. The molecule has 2 amide bonds. The van der Waals surface area contributed by atoms with E-state index in [0.717, 1.165) is 0 Å². The number of amides is 2. The Morgan fingerprint density at radius 3 is 2.41 bits per heavy atom. The number of hydrogen-bond donors (Lipinski definition) is 3. The summed E-state index contributed by atoms with van der Waals surface area (Å²) in [5.41, 5.74) is -0.270. The molecule has 0 heterocycles. The fourth-order valence-corrected chi connectivity index (χ4v) is 1.09. The quantitative estimate of drug-likeness (QED) is 0.573. The summed E-state index contributed by atoms with van der Waals surface area (Å²) in [5.74, 6) is 1.95. The van der Waals surface area contributed by atoms with Crippen molar-refractivity contribution in [3.63, 3.8) is 0 Å². The Labute approximate surface area is 103 Å². The Morgan fingerprint density at radius 1 is 1.35 bits per heavy atom. The maximum absolute atomic E-state index is 11.5. The number of hydrogen-bond acceptors (Lipinski definition) is 3. The SMILES string of the molecule is C#CCNC(=O)C(C)NCC(=O)NC(C)(C)C. The fraction of sp³-hybridized carbons (Fsp3) is 0.667. The highest BCUT2D eigenvalue weighted by Gasteiger charge is 2.16. The first kappa shape index (κ1) is 15.5. The first-order valence-corrected chi connectivity index (χ1v) is 5.52. The summed E-state index contributed by atoms with van der Waals surface area (Å²) in [5, 5.41) is 8.15. The summed E-state index contributed by atoms with van der Waals surface area (Å²) in [4.78, 5) is 22.9. The maximum atomic E-state index is 11.5. The predicted octanol–water partition coefficient (Wildman–Crippen LogP) is -0.371. The van der Waals surface area contributed by atoms with Crippen molar-refractivity contribution < 1.29 is 9.59 Å². The van der Waals surface area contributed by atoms with Crippen LogP contribution in [0.2, 0.25) is 0 Å². The second kappa shape index (κ2) is 6.92. The lowest BCUT2D eigenvalue weighted by Gasteiger charge is -2.21. The fourth-order valence-electron chi connectivity index (χ4n) is 1.09. The largest absolute Gasteiger partial charge is 0.350 e. The molecule has 0 aromatic heterocycles. The summed E-state index contributed by atoms with van der Waals surface area (Å²) in [6, 6.07) is -0.450. The monoisotopic (exact) mass is 239 g/mol. The van der Waals surface area contributed by atoms with Crippen LogP contribution in [0.3, 0.4) is 0 Å². The molecule has 0 spiro atoms. The van der Waals surface area contributed by atoms with E-state index >= 15 is 0 Å². The van der Waals surface area contributed by atoms with Gasteiger partial charge in [0, 0.05) is 5.54 Å². The van der Waals surface area contributed by atoms with Gasteiger partial charge in [-0.2, -0.15) is 0 Å². The molecule has 0 saturated heterocycles. The minimum Gasteiger partial charge on any atom is -0.350 e. The van der Waals surface area contributed by atoms with E-state index in [2.05, 4.69) is 21.9 Å². The van der Waals surface area contributed by atoms with Crippen molar-refractivity contribution >= 4 is 11.8 Å². The molecule has 5 nitrogen and oxygen atoms in total. The summed E-state index contributed by atoms with van der Waals surface area (Å²) in [6.07, 6.45) is 5.02. The van der Waals surface area contributed by atoms with Crippen LogP contribution in [0.1, 0.15) is 27.7 Å². The normalized spacial score (nSPS) is 12.4. The van der Waals surface area contributed by atoms with Gasteiger partial charge in [0.05, 0.1) is 19.1 Å². The molecular formula is C12H21N3O2. The van der Waals surface area contributed by atoms with E-state index in [-0.39, 0.29) is 30.4 Å². The molecule has 0 radical (unpaired) electrons. The van der Waals surface area contributed by atoms with Gasteiger partial charge in [0.15, 0.2) is 0 Å². The van der Waals surface area contributed by atoms with Crippen LogP contribution >= 0.6 is 0 Å². The van der Waals surface area contributed by atoms with Gasteiger partial charge in [-0.1, -0.05) is 5.92 Å². The zero-order valence-corrected chi connectivity index (χ0v) is 10.9. The highest BCUT2D eigenvalue weighted by atomic mass is 16.2. The second-order valence-electron chi connectivity index (χ2n) is 4.82. The highest BCUT2D eigenvalue weighted by Crippen LogP contribution is 1.97. The Kier molecular flexibility index (Phi) is 6.29. The maximum Gasteiger partial charge on any atom is 0.237 e. The van der Waals surface area contributed by atoms with Crippen LogP contribution in [-0.2, 0) is 9.59 Å².